The summed E-state index contributed by atoms with van der Waals surface area (Å²) in [5.41, 5.74) is 0. The average molecular weight is 235 g/mol. The largest absolute Gasteiger partial charge is 0.311 e. The molecule has 0 bridgehead atoms. The van der Waals surface area contributed by atoms with Crippen molar-refractivity contribution in [2.24, 2.45) is 0 Å². The second-order valence-electron chi connectivity index (χ2n) is 4.21. The third kappa shape index (κ3) is 4.80. The van der Waals surface area contributed by atoms with Gasteiger partial charge >= 0.3 is 0 Å². The lowest BCUT2D eigenvalue weighted by atomic mass is 10.1. The molecule has 4 unspecified atom stereocenters. The molecular weight excluding hydrogens is 214 g/mol. The van der Waals surface area contributed by atoms with Crippen LogP contribution in [-0.2, 0) is 10.8 Å². The van der Waals surface area contributed by atoms with Crippen molar-refractivity contribution in [3.8, 4) is 0 Å². The Bertz CT molecular complexity index is 199. The van der Waals surface area contributed by atoms with Crippen LogP contribution >= 0.6 is 11.8 Å². The maximum absolute atomic E-state index is 10.9. The van der Waals surface area contributed by atoms with E-state index in [9.17, 15) is 4.21 Å². The van der Waals surface area contributed by atoms with E-state index < -0.39 is 10.8 Å². The van der Waals surface area contributed by atoms with E-state index in [0.29, 0.717) is 12.1 Å². The highest BCUT2D eigenvalue weighted by atomic mass is 32.2. The molecule has 0 aromatic heterocycles. The molecule has 0 aliphatic carbocycles. The highest BCUT2D eigenvalue weighted by Crippen LogP contribution is 2.26. The Labute approximate surface area is 94.1 Å². The molecule has 1 N–H and O–H groups in total. The van der Waals surface area contributed by atoms with E-state index >= 15 is 0 Å². The van der Waals surface area contributed by atoms with Crippen LogP contribution in [0.3, 0.4) is 0 Å². The molecule has 0 saturated carbocycles. The predicted octanol–water partition coefficient (Wildman–Crippen LogP) is 1.63. The zero-order valence-corrected chi connectivity index (χ0v) is 10.9. The van der Waals surface area contributed by atoms with Crippen molar-refractivity contribution in [2.75, 3.05) is 17.8 Å². The van der Waals surface area contributed by atoms with E-state index in [1.54, 1.807) is 6.26 Å². The smallest absolute Gasteiger partial charge is 0.0246 e. The summed E-state index contributed by atoms with van der Waals surface area (Å²) in [6.07, 6.45) is 4.09. The summed E-state index contributed by atoms with van der Waals surface area (Å²) in [4.78, 5) is 0. The van der Waals surface area contributed by atoms with Crippen molar-refractivity contribution < 1.29 is 4.21 Å². The summed E-state index contributed by atoms with van der Waals surface area (Å²) in [6.45, 7) is 4.48. The fourth-order valence-corrected chi connectivity index (χ4v) is 3.61. The van der Waals surface area contributed by atoms with Crippen LogP contribution in [0.25, 0.3) is 0 Å². The predicted molar refractivity (Wildman–Crippen MR) is 66.5 cm³/mol. The molecule has 1 rings (SSSR count). The molecule has 84 valence electrons. The molecule has 1 aliphatic heterocycles. The van der Waals surface area contributed by atoms with Gasteiger partial charge in [-0.15, -0.1) is 0 Å². The Balaban J connectivity index is 2.13. The van der Waals surface area contributed by atoms with Crippen LogP contribution < -0.4 is 5.32 Å². The maximum atomic E-state index is 10.9. The minimum Gasteiger partial charge on any atom is -0.311 e. The summed E-state index contributed by atoms with van der Waals surface area (Å²) in [5.74, 6) is 2.06. The van der Waals surface area contributed by atoms with Gasteiger partial charge < -0.3 is 5.32 Å². The van der Waals surface area contributed by atoms with Crippen LogP contribution in [0.15, 0.2) is 0 Å². The zero-order valence-electron chi connectivity index (χ0n) is 9.29. The van der Waals surface area contributed by atoms with Gasteiger partial charge in [-0.2, -0.15) is 11.8 Å². The fraction of sp³-hybridized carbons (Fsp3) is 1.00. The highest BCUT2D eigenvalue weighted by Gasteiger charge is 2.22. The molecule has 0 aromatic carbocycles. The lowest BCUT2D eigenvalue weighted by Crippen LogP contribution is -2.37. The topological polar surface area (TPSA) is 29.1 Å². The Kier molecular flexibility index (Phi) is 5.49. The maximum Gasteiger partial charge on any atom is 0.0246 e. The number of hydrogen-bond acceptors (Lipinski definition) is 3. The molecule has 0 spiro atoms. The van der Waals surface area contributed by atoms with Crippen LogP contribution in [0.5, 0.6) is 0 Å². The molecule has 1 saturated heterocycles. The van der Waals surface area contributed by atoms with E-state index in [-0.39, 0.29) is 0 Å². The molecule has 4 atom stereocenters. The summed E-state index contributed by atoms with van der Waals surface area (Å²) in [7, 11) is -0.641. The van der Waals surface area contributed by atoms with Crippen LogP contribution in [0.2, 0.25) is 0 Å². The van der Waals surface area contributed by atoms with E-state index in [2.05, 4.69) is 19.2 Å². The highest BCUT2D eigenvalue weighted by molar-refractivity contribution is 8.00. The number of thioether (sulfide) groups is 1. The summed E-state index contributed by atoms with van der Waals surface area (Å²) in [6, 6.07) is 1.19. The lowest BCUT2D eigenvalue weighted by Gasteiger charge is -2.18. The van der Waals surface area contributed by atoms with E-state index in [4.69, 9.17) is 0 Å². The van der Waals surface area contributed by atoms with Crippen molar-refractivity contribution in [2.45, 2.75) is 44.0 Å². The van der Waals surface area contributed by atoms with E-state index in [0.717, 1.165) is 17.4 Å². The molecular formula is C10H21NOS2. The fourth-order valence-electron chi connectivity index (χ4n) is 1.76. The van der Waals surface area contributed by atoms with Gasteiger partial charge in [-0.25, -0.2) is 0 Å². The first kappa shape index (κ1) is 12.5. The average Bonchev–Trinajstić information content (AvgIpc) is 2.48. The van der Waals surface area contributed by atoms with Crippen molar-refractivity contribution in [3.63, 3.8) is 0 Å². The van der Waals surface area contributed by atoms with Gasteiger partial charge in [-0.05, 0) is 19.8 Å². The normalized spacial score (nSPS) is 31.6. The van der Waals surface area contributed by atoms with Gasteiger partial charge in [-0.1, -0.05) is 6.92 Å². The van der Waals surface area contributed by atoms with Gasteiger partial charge in [0.15, 0.2) is 0 Å². The van der Waals surface area contributed by atoms with Crippen molar-refractivity contribution >= 4 is 22.6 Å². The quantitative estimate of drug-likeness (QED) is 0.785. The van der Waals surface area contributed by atoms with Crippen LogP contribution in [0.4, 0.5) is 0 Å². The Hall–Kier alpha value is 0.460. The molecule has 1 fully saturated rings. The molecule has 0 amide bonds. The molecule has 4 heteroatoms. The summed E-state index contributed by atoms with van der Waals surface area (Å²) >= 11 is 2.05. The lowest BCUT2D eigenvalue weighted by molar-refractivity contribution is 0.454. The Morgan fingerprint density at radius 2 is 2.36 bits per heavy atom. The second kappa shape index (κ2) is 6.13. The second-order valence-corrected chi connectivity index (χ2v) is 7.24. The van der Waals surface area contributed by atoms with Gasteiger partial charge in [0.1, 0.15) is 0 Å². The van der Waals surface area contributed by atoms with Crippen LogP contribution in [-0.4, -0.2) is 39.3 Å². The van der Waals surface area contributed by atoms with Crippen LogP contribution in [0, 0.1) is 0 Å². The molecule has 14 heavy (non-hydrogen) atoms. The van der Waals surface area contributed by atoms with Gasteiger partial charge in [0.05, 0.1) is 0 Å². The monoisotopic (exact) mass is 235 g/mol. The summed E-state index contributed by atoms with van der Waals surface area (Å²) < 4.78 is 10.9. The van der Waals surface area contributed by atoms with Gasteiger partial charge in [-0.3, -0.25) is 4.21 Å². The minimum absolute atomic E-state index is 0.509. The number of nitrogens with one attached hydrogen (secondary N) is 1. The molecule has 1 heterocycles. The molecule has 2 nitrogen and oxygen atoms in total. The summed E-state index contributed by atoms with van der Waals surface area (Å²) in [5, 5.41) is 4.41. The Morgan fingerprint density at radius 1 is 1.64 bits per heavy atom. The number of rotatable bonds is 5. The van der Waals surface area contributed by atoms with Gasteiger partial charge in [0.25, 0.3) is 0 Å². The van der Waals surface area contributed by atoms with Crippen molar-refractivity contribution in [3.05, 3.63) is 0 Å². The van der Waals surface area contributed by atoms with Gasteiger partial charge in [0, 0.05) is 45.9 Å². The standard InChI is InChI=1S/C10H21NOS2/c1-8(4-5-14(3)12)11-10-6-9(2)13-7-10/h8-11H,4-7H2,1-3H3. The molecule has 0 aromatic rings. The molecule has 1 aliphatic rings. The first-order chi connectivity index (χ1) is 6.58. The first-order valence-electron chi connectivity index (χ1n) is 5.25. The van der Waals surface area contributed by atoms with Crippen molar-refractivity contribution in [1.82, 2.24) is 5.32 Å². The third-order valence-electron chi connectivity index (χ3n) is 2.56. The van der Waals surface area contributed by atoms with Crippen molar-refractivity contribution in [1.29, 1.82) is 0 Å². The third-order valence-corrected chi connectivity index (χ3v) is 4.72. The minimum atomic E-state index is -0.641. The van der Waals surface area contributed by atoms with Gasteiger partial charge in [0.2, 0.25) is 0 Å². The molecule has 0 radical (unpaired) electrons. The van der Waals surface area contributed by atoms with E-state index in [1.807, 2.05) is 11.8 Å². The van der Waals surface area contributed by atoms with E-state index in [1.165, 1.54) is 12.2 Å². The Morgan fingerprint density at radius 3 is 2.86 bits per heavy atom. The van der Waals surface area contributed by atoms with Crippen LogP contribution in [0.1, 0.15) is 26.7 Å². The zero-order chi connectivity index (χ0) is 10.6. The first-order valence-corrected chi connectivity index (χ1v) is 8.03. The number of hydrogen-bond donors (Lipinski definition) is 1. The SMILES string of the molecule is CC(CCS(C)=O)NC1CSC(C)C1.